The van der Waals surface area contributed by atoms with Gasteiger partial charge in [0.2, 0.25) is 6.10 Å². The van der Waals surface area contributed by atoms with Crippen LogP contribution in [0.15, 0.2) is 30.3 Å². The van der Waals surface area contributed by atoms with E-state index in [0.717, 1.165) is 12.8 Å². The number of carbonyl (C=O) groups excluding carboxylic acids is 1. The Kier molecular flexibility index (Phi) is 5.97. The van der Waals surface area contributed by atoms with Crippen LogP contribution >= 0.6 is 0 Å². The summed E-state index contributed by atoms with van der Waals surface area (Å²) in [5.41, 5.74) is 0.603. The van der Waals surface area contributed by atoms with Gasteiger partial charge in [-0.1, -0.05) is 30.3 Å². The van der Waals surface area contributed by atoms with Crippen molar-refractivity contribution in [1.29, 1.82) is 0 Å². The molecule has 2 aliphatic rings. The van der Waals surface area contributed by atoms with Crippen LogP contribution in [0.4, 0.5) is 0 Å². The molecule has 0 radical (unpaired) electrons. The van der Waals surface area contributed by atoms with E-state index in [1.807, 2.05) is 6.07 Å². The lowest BCUT2D eigenvalue weighted by Crippen LogP contribution is -3.15. The average molecular weight is 372 g/mol. The lowest BCUT2D eigenvalue weighted by Gasteiger charge is -2.33. The number of rotatable bonds is 4. The number of hydrogen-bond acceptors (Lipinski definition) is 4. The van der Waals surface area contributed by atoms with Gasteiger partial charge in [0, 0.05) is 25.7 Å². The predicted octanol–water partition coefficient (Wildman–Crippen LogP) is -2.03. The molecule has 0 spiro atoms. The van der Waals surface area contributed by atoms with E-state index < -0.39 is 12.1 Å². The molecule has 2 bridgehead atoms. The van der Waals surface area contributed by atoms with Gasteiger partial charge >= 0.3 is 5.97 Å². The van der Waals surface area contributed by atoms with Gasteiger partial charge in [0.05, 0.1) is 19.1 Å². The summed E-state index contributed by atoms with van der Waals surface area (Å²) in [7, 11) is 2.23. The first-order valence-electron chi connectivity index (χ1n) is 7.58. The summed E-state index contributed by atoms with van der Waals surface area (Å²) in [6, 6.07) is 10.1. The number of nitrogens with one attached hydrogen (secondary N) is 1. The second-order valence-electron chi connectivity index (χ2n) is 6.14. The maximum Gasteiger partial charge on any atom is 0.343 e. The molecule has 0 amide bonds. The number of ether oxygens (including phenoxy) is 1. The molecular formula is C16H22BrNO4. The number of carbonyl (C=O) groups is 1. The van der Waals surface area contributed by atoms with E-state index in [9.17, 15) is 4.79 Å². The van der Waals surface area contributed by atoms with Gasteiger partial charge in [-0.05, 0) is 5.56 Å². The lowest BCUT2D eigenvalue weighted by atomic mass is 10.0. The summed E-state index contributed by atoms with van der Waals surface area (Å²) < 4.78 is 5.59. The Morgan fingerprint density at radius 2 is 1.82 bits per heavy atom. The second kappa shape index (κ2) is 7.55. The van der Waals surface area contributed by atoms with Gasteiger partial charge in [0.1, 0.15) is 6.10 Å². The van der Waals surface area contributed by atoms with Crippen molar-refractivity contribution in [2.75, 3.05) is 7.05 Å². The molecule has 3 atom stereocenters. The van der Waals surface area contributed by atoms with Crippen molar-refractivity contribution in [3.8, 4) is 0 Å². The molecule has 1 aromatic rings. The first kappa shape index (κ1) is 17.4. The predicted molar refractivity (Wildman–Crippen MR) is 75.7 cm³/mol. The Bertz CT molecular complexity index is 484. The molecule has 2 N–H and O–H groups in total. The van der Waals surface area contributed by atoms with Crippen molar-refractivity contribution in [1.82, 2.24) is 0 Å². The fourth-order valence-electron chi connectivity index (χ4n) is 3.72. The van der Waals surface area contributed by atoms with E-state index in [-0.39, 0.29) is 23.1 Å². The molecule has 6 heteroatoms. The zero-order valence-corrected chi connectivity index (χ0v) is 14.2. The summed E-state index contributed by atoms with van der Waals surface area (Å²) in [4.78, 5) is 18.2. The van der Waals surface area contributed by atoms with Crippen LogP contribution in [0.3, 0.4) is 0 Å². The number of hydrogen-bond donors (Lipinski definition) is 2. The van der Waals surface area contributed by atoms with Gasteiger partial charge in [0.25, 0.3) is 0 Å². The third-order valence-electron chi connectivity index (χ3n) is 4.95. The fraction of sp³-hybridized carbons (Fsp3) is 0.562. The van der Waals surface area contributed by atoms with E-state index in [2.05, 4.69) is 11.9 Å². The van der Waals surface area contributed by atoms with Crippen LogP contribution in [-0.2, 0) is 14.4 Å². The molecule has 0 aromatic heterocycles. The van der Waals surface area contributed by atoms with E-state index in [4.69, 9.17) is 9.99 Å². The van der Waals surface area contributed by atoms with Crippen molar-refractivity contribution in [3.63, 3.8) is 0 Å². The SMILES string of the molecule is C[NH+]1C2CCC1CC(OC(=O)C(OO)c1ccccc1)C2.[Br-]. The van der Waals surface area contributed by atoms with Crippen molar-refractivity contribution < 1.29 is 41.6 Å². The van der Waals surface area contributed by atoms with E-state index in [1.54, 1.807) is 29.2 Å². The Morgan fingerprint density at radius 1 is 1.23 bits per heavy atom. The molecule has 2 saturated heterocycles. The molecule has 22 heavy (non-hydrogen) atoms. The molecule has 0 aliphatic carbocycles. The minimum Gasteiger partial charge on any atom is -1.00 e. The highest BCUT2D eigenvalue weighted by atomic mass is 79.9. The van der Waals surface area contributed by atoms with E-state index in [1.165, 1.54) is 12.8 Å². The van der Waals surface area contributed by atoms with Crippen molar-refractivity contribution in [3.05, 3.63) is 35.9 Å². The monoisotopic (exact) mass is 371 g/mol. The number of halogens is 1. The second-order valence-corrected chi connectivity index (χ2v) is 6.14. The summed E-state index contributed by atoms with van der Waals surface area (Å²) in [6.07, 6.45) is 3.12. The summed E-state index contributed by atoms with van der Waals surface area (Å²) >= 11 is 0. The largest absolute Gasteiger partial charge is 1.00 e. The van der Waals surface area contributed by atoms with Gasteiger partial charge in [-0.3, -0.25) is 5.26 Å². The van der Waals surface area contributed by atoms with Crippen LogP contribution < -0.4 is 21.9 Å². The number of esters is 1. The van der Waals surface area contributed by atoms with Crippen LogP contribution in [0, 0.1) is 0 Å². The average Bonchev–Trinajstić information content (AvgIpc) is 2.72. The number of fused-ring (bicyclic) bond motifs is 2. The van der Waals surface area contributed by atoms with Gasteiger partial charge in [-0.2, -0.15) is 0 Å². The van der Waals surface area contributed by atoms with Crippen LogP contribution in [0.25, 0.3) is 0 Å². The van der Waals surface area contributed by atoms with Gasteiger partial charge < -0.3 is 26.6 Å². The highest BCUT2D eigenvalue weighted by Crippen LogP contribution is 2.26. The highest BCUT2D eigenvalue weighted by molar-refractivity contribution is 5.76. The van der Waals surface area contributed by atoms with Gasteiger partial charge in [0.15, 0.2) is 0 Å². The topological polar surface area (TPSA) is 60.2 Å². The van der Waals surface area contributed by atoms with Gasteiger partial charge in [-0.25, -0.2) is 9.68 Å². The quantitative estimate of drug-likeness (QED) is 0.364. The molecule has 2 heterocycles. The Morgan fingerprint density at radius 3 is 2.36 bits per heavy atom. The van der Waals surface area contributed by atoms with E-state index >= 15 is 0 Å². The molecule has 5 nitrogen and oxygen atoms in total. The third-order valence-corrected chi connectivity index (χ3v) is 4.95. The minimum absolute atomic E-state index is 0. The zero-order valence-electron chi connectivity index (χ0n) is 12.6. The molecule has 3 rings (SSSR count). The molecule has 0 saturated carbocycles. The zero-order chi connectivity index (χ0) is 14.8. The van der Waals surface area contributed by atoms with Gasteiger partial charge in [-0.15, -0.1) is 0 Å². The maximum atomic E-state index is 12.2. The first-order chi connectivity index (χ1) is 10.2. The third kappa shape index (κ3) is 3.51. The van der Waals surface area contributed by atoms with Crippen LogP contribution in [0.1, 0.15) is 37.4 Å². The summed E-state index contributed by atoms with van der Waals surface area (Å²) in [5, 5.41) is 9.03. The summed E-state index contributed by atoms with van der Waals surface area (Å²) in [5.74, 6) is -0.507. The molecule has 2 aliphatic heterocycles. The van der Waals surface area contributed by atoms with Crippen LogP contribution in [0.5, 0.6) is 0 Å². The van der Waals surface area contributed by atoms with Crippen LogP contribution in [0.2, 0.25) is 0 Å². The first-order valence-corrected chi connectivity index (χ1v) is 7.58. The fourth-order valence-corrected chi connectivity index (χ4v) is 3.72. The smallest absolute Gasteiger partial charge is 0.343 e. The number of quaternary nitrogens is 1. The van der Waals surface area contributed by atoms with Crippen LogP contribution in [-0.4, -0.2) is 36.5 Å². The normalized spacial score (nSPS) is 31.2. The number of benzene rings is 1. The van der Waals surface area contributed by atoms with Crippen molar-refractivity contribution in [2.45, 2.75) is 50.0 Å². The standard InChI is InChI=1S/C16H21NO4.BrH/c1-17-12-7-8-13(17)10-14(9-12)20-16(18)15(21-19)11-5-3-2-4-6-11;/h2-6,12-15,19H,7-10H2,1H3;1H. The summed E-state index contributed by atoms with van der Waals surface area (Å²) in [6.45, 7) is 0. The Labute approximate surface area is 140 Å². The van der Waals surface area contributed by atoms with Crippen molar-refractivity contribution >= 4 is 5.97 Å². The Balaban J connectivity index is 0.00000176. The van der Waals surface area contributed by atoms with E-state index in [0.29, 0.717) is 17.6 Å². The maximum absolute atomic E-state index is 12.2. The Hall–Kier alpha value is -0.950. The molecule has 1 aromatic carbocycles. The molecular weight excluding hydrogens is 350 g/mol. The molecule has 3 unspecified atom stereocenters. The number of piperidine rings is 1. The minimum atomic E-state index is -1.06. The molecule has 122 valence electrons. The lowest BCUT2D eigenvalue weighted by molar-refractivity contribution is -0.923. The molecule has 2 fully saturated rings. The van der Waals surface area contributed by atoms with Crippen molar-refractivity contribution in [2.24, 2.45) is 0 Å². The highest BCUT2D eigenvalue weighted by Gasteiger charge is 2.44.